The van der Waals surface area contributed by atoms with E-state index in [1.54, 1.807) is 18.3 Å². The molecule has 21 heavy (non-hydrogen) atoms. The van der Waals surface area contributed by atoms with Crippen LogP contribution in [0, 0.1) is 18.8 Å². The van der Waals surface area contributed by atoms with Gasteiger partial charge in [0.25, 0.3) is 5.91 Å². The second-order valence-corrected chi connectivity index (χ2v) is 4.44. The summed E-state index contributed by atoms with van der Waals surface area (Å²) in [5.74, 6) is 5.37. The molecule has 0 aliphatic heterocycles. The molecule has 0 saturated heterocycles. The minimum atomic E-state index is -0.293. The number of hydrogen-bond donors (Lipinski definition) is 2. The van der Waals surface area contributed by atoms with Crippen LogP contribution >= 0.6 is 0 Å². The molecule has 4 heteroatoms. The normalized spacial score (nSPS) is 9.62. The van der Waals surface area contributed by atoms with Gasteiger partial charge in [0.15, 0.2) is 0 Å². The number of aryl methyl sites for hydroxylation is 1. The van der Waals surface area contributed by atoms with E-state index in [1.165, 1.54) is 0 Å². The zero-order valence-electron chi connectivity index (χ0n) is 11.8. The second kappa shape index (κ2) is 7.22. The van der Waals surface area contributed by atoms with Crippen LogP contribution in [0.15, 0.2) is 42.6 Å². The van der Waals surface area contributed by atoms with Crippen LogP contribution in [-0.2, 0) is 0 Å². The summed E-state index contributed by atoms with van der Waals surface area (Å²) in [5, 5.41) is 11.6. The Morgan fingerprint density at radius 2 is 2.10 bits per heavy atom. The van der Waals surface area contributed by atoms with Crippen LogP contribution in [0.2, 0.25) is 0 Å². The van der Waals surface area contributed by atoms with Gasteiger partial charge in [0.2, 0.25) is 0 Å². The lowest BCUT2D eigenvalue weighted by Crippen LogP contribution is -2.16. The summed E-state index contributed by atoms with van der Waals surface area (Å²) in [6.07, 6.45) is 1.93. The third kappa shape index (κ3) is 3.91. The van der Waals surface area contributed by atoms with E-state index in [9.17, 15) is 4.79 Å². The van der Waals surface area contributed by atoms with Crippen molar-refractivity contribution in [2.45, 2.75) is 13.3 Å². The van der Waals surface area contributed by atoms with E-state index in [2.05, 4.69) is 22.1 Å². The van der Waals surface area contributed by atoms with Gasteiger partial charge in [-0.3, -0.25) is 4.79 Å². The summed E-state index contributed by atoms with van der Waals surface area (Å²) in [5.41, 5.74) is 2.57. The molecule has 0 unspecified atom stereocenters. The average Bonchev–Trinajstić information content (AvgIpc) is 2.50. The second-order valence-electron chi connectivity index (χ2n) is 4.44. The van der Waals surface area contributed by atoms with Gasteiger partial charge in [-0.2, -0.15) is 0 Å². The van der Waals surface area contributed by atoms with E-state index in [4.69, 9.17) is 5.11 Å². The molecule has 0 spiro atoms. The van der Waals surface area contributed by atoms with Crippen LogP contribution in [0.5, 0.6) is 0 Å². The minimum Gasteiger partial charge on any atom is -0.395 e. The fourth-order valence-corrected chi connectivity index (χ4v) is 1.80. The molecule has 0 aliphatic carbocycles. The Labute approximate surface area is 123 Å². The van der Waals surface area contributed by atoms with E-state index in [-0.39, 0.29) is 18.2 Å². The first-order valence-corrected chi connectivity index (χ1v) is 6.64. The number of carbonyl (C=O) groups excluding carboxylic acids is 1. The van der Waals surface area contributed by atoms with Crippen molar-refractivity contribution in [2.75, 3.05) is 11.9 Å². The van der Waals surface area contributed by atoms with Gasteiger partial charge in [0, 0.05) is 18.3 Å². The van der Waals surface area contributed by atoms with Gasteiger partial charge >= 0.3 is 0 Å². The molecule has 2 N–H and O–H groups in total. The van der Waals surface area contributed by atoms with Crippen molar-refractivity contribution in [2.24, 2.45) is 0 Å². The van der Waals surface area contributed by atoms with Gasteiger partial charge in [0.05, 0.1) is 12.2 Å². The highest BCUT2D eigenvalue weighted by atomic mass is 16.2. The van der Waals surface area contributed by atoms with Crippen LogP contribution in [0.25, 0.3) is 0 Å². The van der Waals surface area contributed by atoms with Gasteiger partial charge in [-0.25, -0.2) is 4.98 Å². The van der Waals surface area contributed by atoms with E-state index in [0.717, 1.165) is 11.3 Å². The smallest absolute Gasteiger partial charge is 0.275 e. The summed E-state index contributed by atoms with van der Waals surface area (Å²) in [6, 6.07) is 11.0. The Hall–Kier alpha value is -2.64. The SMILES string of the molecule is Cc1ccccc1NC(=O)c1ncccc1C#CCCO. The van der Waals surface area contributed by atoms with Crippen LogP contribution in [0.4, 0.5) is 5.69 Å². The maximum atomic E-state index is 12.3. The minimum absolute atomic E-state index is 0.00198. The Morgan fingerprint density at radius 3 is 2.86 bits per heavy atom. The van der Waals surface area contributed by atoms with Crippen LogP contribution in [0.3, 0.4) is 0 Å². The van der Waals surface area contributed by atoms with Crippen molar-refractivity contribution in [3.8, 4) is 11.8 Å². The highest BCUT2D eigenvalue weighted by Gasteiger charge is 2.12. The van der Waals surface area contributed by atoms with Crippen molar-refractivity contribution >= 4 is 11.6 Å². The van der Waals surface area contributed by atoms with Gasteiger partial charge in [-0.1, -0.05) is 30.0 Å². The molecule has 0 fully saturated rings. The van der Waals surface area contributed by atoms with Crippen molar-refractivity contribution in [1.82, 2.24) is 4.98 Å². The first kappa shape index (κ1) is 14.8. The molecule has 106 valence electrons. The summed E-state index contributed by atoms with van der Waals surface area (Å²) >= 11 is 0. The van der Waals surface area contributed by atoms with Crippen molar-refractivity contribution in [3.63, 3.8) is 0 Å². The molecule has 1 amide bonds. The monoisotopic (exact) mass is 280 g/mol. The van der Waals surface area contributed by atoms with E-state index < -0.39 is 0 Å². The molecular formula is C17H16N2O2. The number of amides is 1. The number of aliphatic hydroxyl groups is 1. The standard InChI is InChI=1S/C17H16N2O2/c1-13-7-2-3-10-15(13)19-17(21)16-14(8-4-5-12-20)9-6-11-18-16/h2-3,6-7,9-11,20H,5,12H2,1H3,(H,19,21). The molecule has 4 nitrogen and oxygen atoms in total. The van der Waals surface area contributed by atoms with Crippen LogP contribution in [-0.4, -0.2) is 22.6 Å². The molecule has 1 aromatic heterocycles. The predicted octanol–water partition coefficient (Wildman–Crippen LogP) is 2.38. The topological polar surface area (TPSA) is 62.2 Å². The molecule has 0 atom stereocenters. The highest BCUT2D eigenvalue weighted by molar-refractivity contribution is 6.04. The van der Waals surface area contributed by atoms with Crippen molar-refractivity contribution in [3.05, 3.63) is 59.4 Å². The van der Waals surface area contributed by atoms with Crippen molar-refractivity contribution in [1.29, 1.82) is 0 Å². The number of nitrogens with zero attached hydrogens (tertiary/aromatic N) is 1. The number of rotatable bonds is 3. The number of hydrogen-bond acceptors (Lipinski definition) is 3. The maximum absolute atomic E-state index is 12.3. The molecule has 2 rings (SSSR count). The van der Waals surface area contributed by atoms with Crippen LogP contribution in [0.1, 0.15) is 28.0 Å². The molecule has 0 saturated carbocycles. The lowest BCUT2D eigenvalue weighted by molar-refractivity contribution is 0.102. The number of aromatic nitrogens is 1. The highest BCUT2D eigenvalue weighted by Crippen LogP contribution is 2.15. The summed E-state index contributed by atoms with van der Waals surface area (Å²) in [4.78, 5) is 16.4. The lowest BCUT2D eigenvalue weighted by Gasteiger charge is -2.08. The first-order valence-electron chi connectivity index (χ1n) is 6.64. The Kier molecular flexibility index (Phi) is 5.08. The Bertz CT molecular complexity index is 699. The number of anilines is 1. The quantitative estimate of drug-likeness (QED) is 0.849. The summed E-state index contributed by atoms with van der Waals surface area (Å²) in [7, 11) is 0. The Balaban J connectivity index is 2.24. The van der Waals surface area contributed by atoms with Gasteiger partial charge < -0.3 is 10.4 Å². The largest absolute Gasteiger partial charge is 0.395 e. The molecule has 0 radical (unpaired) electrons. The number of pyridine rings is 1. The third-order valence-corrected chi connectivity index (χ3v) is 2.88. The number of benzene rings is 1. The molecule has 0 bridgehead atoms. The lowest BCUT2D eigenvalue weighted by atomic mass is 10.1. The van der Waals surface area contributed by atoms with E-state index in [0.29, 0.717) is 12.0 Å². The molecule has 1 heterocycles. The summed E-state index contributed by atoms with van der Waals surface area (Å²) in [6.45, 7) is 1.92. The number of carbonyl (C=O) groups is 1. The first-order chi connectivity index (χ1) is 10.2. The third-order valence-electron chi connectivity index (χ3n) is 2.88. The maximum Gasteiger partial charge on any atom is 0.275 e. The number of aliphatic hydroxyl groups excluding tert-OH is 1. The molecule has 1 aromatic carbocycles. The van der Waals surface area contributed by atoms with Gasteiger partial charge in [0.1, 0.15) is 5.69 Å². The van der Waals surface area contributed by atoms with E-state index in [1.807, 2.05) is 31.2 Å². The molecule has 0 aliphatic rings. The molecular weight excluding hydrogens is 264 g/mol. The number of nitrogens with one attached hydrogen (secondary N) is 1. The summed E-state index contributed by atoms with van der Waals surface area (Å²) < 4.78 is 0. The van der Waals surface area contributed by atoms with E-state index >= 15 is 0 Å². The fourth-order valence-electron chi connectivity index (χ4n) is 1.80. The van der Waals surface area contributed by atoms with Crippen molar-refractivity contribution < 1.29 is 9.90 Å². The Morgan fingerprint density at radius 1 is 1.29 bits per heavy atom. The zero-order chi connectivity index (χ0) is 15.1. The average molecular weight is 280 g/mol. The fraction of sp³-hybridized carbons (Fsp3) is 0.176. The van der Waals surface area contributed by atoms with Gasteiger partial charge in [-0.05, 0) is 30.7 Å². The molecule has 2 aromatic rings. The zero-order valence-corrected chi connectivity index (χ0v) is 11.8. The number of para-hydroxylation sites is 1. The predicted molar refractivity (Wildman–Crippen MR) is 82.0 cm³/mol. The van der Waals surface area contributed by atoms with Gasteiger partial charge in [-0.15, -0.1) is 0 Å². The van der Waals surface area contributed by atoms with Crippen LogP contribution < -0.4 is 5.32 Å².